The number of aryl methyl sites for hydroxylation is 1. The van der Waals surface area contributed by atoms with Gasteiger partial charge in [0.15, 0.2) is 0 Å². The zero-order valence-corrected chi connectivity index (χ0v) is 8.44. The van der Waals surface area contributed by atoms with Crippen LogP contribution in [0.4, 0.5) is 5.69 Å². The Bertz CT molecular complexity index is 447. The predicted molar refractivity (Wildman–Crippen MR) is 57.5 cm³/mol. The molecule has 2 aromatic rings. The van der Waals surface area contributed by atoms with Gasteiger partial charge < -0.3 is 10.5 Å². The number of fused-ring (bicyclic) bond motifs is 1. The van der Waals surface area contributed by atoms with Crippen molar-refractivity contribution in [1.82, 2.24) is 0 Å². The van der Waals surface area contributed by atoms with Crippen LogP contribution in [-0.4, -0.2) is 7.11 Å². The van der Waals surface area contributed by atoms with Crippen molar-refractivity contribution in [2.75, 3.05) is 12.8 Å². The van der Waals surface area contributed by atoms with Gasteiger partial charge in [0.2, 0.25) is 0 Å². The summed E-state index contributed by atoms with van der Waals surface area (Å²) >= 11 is 1.70. The minimum absolute atomic E-state index is 0.748. The summed E-state index contributed by atoms with van der Waals surface area (Å²) < 4.78 is 6.27. The molecule has 1 aromatic carbocycles. The second kappa shape index (κ2) is 2.92. The van der Waals surface area contributed by atoms with Gasteiger partial charge >= 0.3 is 0 Å². The third-order valence-electron chi connectivity index (χ3n) is 2.03. The number of nitrogen functional groups attached to an aromatic ring is 1. The van der Waals surface area contributed by atoms with Crippen molar-refractivity contribution in [2.45, 2.75) is 6.92 Å². The van der Waals surface area contributed by atoms with E-state index in [9.17, 15) is 0 Å². The summed E-state index contributed by atoms with van der Waals surface area (Å²) in [5, 5.41) is 1.20. The number of nitrogens with two attached hydrogens (primary N) is 1. The molecule has 0 bridgehead atoms. The molecule has 0 radical (unpaired) electrons. The minimum Gasteiger partial charge on any atom is -0.495 e. The molecule has 0 saturated heterocycles. The Balaban J connectivity index is 2.78. The van der Waals surface area contributed by atoms with Gasteiger partial charge in [0.1, 0.15) is 5.75 Å². The number of hydrogen-bond donors (Lipinski definition) is 1. The van der Waals surface area contributed by atoms with Crippen LogP contribution < -0.4 is 10.5 Å². The summed E-state index contributed by atoms with van der Waals surface area (Å²) in [6.07, 6.45) is 0. The van der Waals surface area contributed by atoms with Crippen LogP contribution in [0.1, 0.15) is 4.88 Å². The van der Waals surface area contributed by atoms with Gasteiger partial charge in [-0.1, -0.05) is 0 Å². The fourth-order valence-electron chi connectivity index (χ4n) is 1.41. The summed E-state index contributed by atoms with van der Waals surface area (Å²) in [6, 6.07) is 6.08. The molecule has 0 spiro atoms. The fourth-order valence-corrected chi connectivity index (χ4v) is 2.38. The number of methoxy groups -OCH3 is 1. The fraction of sp³-hybridized carbons (Fsp3) is 0.200. The van der Waals surface area contributed by atoms with E-state index in [-0.39, 0.29) is 0 Å². The maximum atomic E-state index is 5.93. The van der Waals surface area contributed by atoms with E-state index in [1.165, 1.54) is 10.3 Å². The predicted octanol–water partition coefficient (Wildman–Crippen LogP) is 2.80. The highest BCUT2D eigenvalue weighted by Gasteiger charge is 2.06. The Kier molecular flexibility index (Phi) is 1.88. The molecule has 0 fully saturated rings. The highest BCUT2D eigenvalue weighted by atomic mass is 32.1. The van der Waals surface area contributed by atoms with Gasteiger partial charge in [0.25, 0.3) is 0 Å². The molecule has 0 atom stereocenters. The van der Waals surface area contributed by atoms with E-state index in [4.69, 9.17) is 10.5 Å². The molecular weight excluding hydrogens is 182 g/mol. The van der Waals surface area contributed by atoms with E-state index < -0.39 is 0 Å². The van der Waals surface area contributed by atoms with Crippen molar-refractivity contribution in [3.8, 4) is 5.75 Å². The smallest absolute Gasteiger partial charge is 0.143 e. The van der Waals surface area contributed by atoms with Crippen LogP contribution in [0.15, 0.2) is 18.2 Å². The number of anilines is 1. The maximum Gasteiger partial charge on any atom is 0.143 e. The van der Waals surface area contributed by atoms with Crippen LogP contribution in [0, 0.1) is 6.92 Å². The van der Waals surface area contributed by atoms with E-state index in [2.05, 4.69) is 13.0 Å². The second-order valence-electron chi connectivity index (χ2n) is 2.96. The first-order valence-corrected chi connectivity index (χ1v) is 4.86. The molecule has 2 nitrogen and oxygen atoms in total. The standard InChI is InChI=1S/C10H11NOS/c1-6-5-7-3-4-8(12-2)9(11)10(7)13-6/h3-5H,11H2,1-2H3. The van der Waals surface area contributed by atoms with Crippen LogP contribution >= 0.6 is 11.3 Å². The van der Waals surface area contributed by atoms with Crippen LogP contribution in [-0.2, 0) is 0 Å². The Labute approximate surface area is 80.9 Å². The number of rotatable bonds is 1. The van der Waals surface area contributed by atoms with E-state index in [1.54, 1.807) is 18.4 Å². The molecule has 2 N–H and O–H groups in total. The molecule has 0 aliphatic carbocycles. The van der Waals surface area contributed by atoms with Crippen molar-refractivity contribution in [3.63, 3.8) is 0 Å². The quantitative estimate of drug-likeness (QED) is 0.707. The Hall–Kier alpha value is -1.22. The average Bonchev–Trinajstić information content (AvgIpc) is 2.47. The van der Waals surface area contributed by atoms with Crippen LogP contribution in [0.25, 0.3) is 10.1 Å². The second-order valence-corrected chi connectivity index (χ2v) is 4.21. The molecule has 0 unspecified atom stereocenters. The summed E-state index contributed by atoms with van der Waals surface area (Å²) in [5.41, 5.74) is 6.68. The first-order chi connectivity index (χ1) is 6.22. The first kappa shape index (κ1) is 8.38. The molecule has 2 rings (SSSR count). The Morgan fingerprint density at radius 2 is 2.15 bits per heavy atom. The lowest BCUT2D eigenvalue weighted by Crippen LogP contribution is -1.91. The highest BCUT2D eigenvalue weighted by molar-refractivity contribution is 7.19. The van der Waals surface area contributed by atoms with Gasteiger partial charge in [-0.15, -0.1) is 11.3 Å². The SMILES string of the molecule is COc1ccc2cc(C)sc2c1N. The lowest BCUT2D eigenvalue weighted by Gasteiger charge is -2.03. The molecule has 0 aliphatic rings. The lowest BCUT2D eigenvalue weighted by molar-refractivity contribution is 0.417. The van der Waals surface area contributed by atoms with Crippen molar-refractivity contribution in [3.05, 3.63) is 23.1 Å². The third-order valence-corrected chi connectivity index (χ3v) is 3.13. The number of thiophene rings is 1. The van der Waals surface area contributed by atoms with E-state index in [1.807, 2.05) is 12.1 Å². The molecule has 0 saturated carbocycles. The van der Waals surface area contributed by atoms with Crippen molar-refractivity contribution >= 4 is 27.1 Å². The average molecular weight is 193 g/mol. The lowest BCUT2D eigenvalue weighted by atomic mass is 10.2. The van der Waals surface area contributed by atoms with Crippen molar-refractivity contribution in [1.29, 1.82) is 0 Å². The Morgan fingerprint density at radius 1 is 1.38 bits per heavy atom. The molecular formula is C10H11NOS. The molecule has 3 heteroatoms. The normalized spacial score (nSPS) is 10.6. The minimum atomic E-state index is 0.748. The topological polar surface area (TPSA) is 35.2 Å². The van der Waals surface area contributed by atoms with E-state index in [0.717, 1.165) is 16.1 Å². The number of benzene rings is 1. The van der Waals surface area contributed by atoms with Gasteiger partial charge in [-0.05, 0) is 30.5 Å². The summed E-state index contributed by atoms with van der Waals surface area (Å²) in [4.78, 5) is 1.27. The molecule has 0 amide bonds. The molecule has 68 valence electrons. The van der Waals surface area contributed by atoms with Gasteiger partial charge in [-0.2, -0.15) is 0 Å². The van der Waals surface area contributed by atoms with E-state index >= 15 is 0 Å². The van der Waals surface area contributed by atoms with Crippen LogP contribution in [0.2, 0.25) is 0 Å². The number of hydrogen-bond acceptors (Lipinski definition) is 3. The third kappa shape index (κ3) is 1.25. The summed E-state index contributed by atoms with van der Waals surface area (Å²) in [6.45, 7) is 2.08. The molecule has 0 aliphatic heterocycles. The monoisotopic (exact) mass is 193 g/mol. The Morgan fingerprint density at radius 3 is 2.85 bits per heavy atom. The van der Waals surface area contributed by atoms with E-state index in [0.29, 0.717) is 0 Å². The van der Waals surface area contributed by atoms with Crippen molar-refractivity contribution < 1.29 is 4.74 Å². The van der Waals surface area contributed by atoms with Crippen molar-refractivity contribution in [2.24, 2.45) is 0 Å². The zero-order valence-electron chi connectivity index (χ0n) is 7.63. The van der Waals surface area contributed by atoms with Gasteiger partial charge in [0.05, 0.1) is 17.5 Å². The zero-order chi connectivity index (χ0) is 9.42. The first-order valence-electron chi connectivity index (χ1n) is 4.05. The number of ether oxygens (including phenoxy) is 1. The van der Waals surface area contributed by atoms with Crippen LogP contribution in [0.5, 0.6) is 5.75 Å². The van der Waals surface area contributed by atoms with Crippen LogP contribution in [0.3, 0.4) is 0 Å². The van der Waals surface area contributed by atoms with Gasteiger partial charge in [0, 0.05) is 4.88 Å². The summed E-state index contributed by atoms with van der Waals surface area (Å²) in [7, 11) is 1.64. The highest BCUT2D eigenvalue weighted by Crippen LogP contribution is 2.35. The molecule has 13 heavy (non-hydrogen) atoms. The maximum absolute atomic E-state index is 5.93. The molecule has 1 aromatic heterocycles. The van der Waals surface area contributed by atoms with Gasteiger partial charge in [-0.25, -0.2) is 0 Å². The largest absolute Gasteiger partial charge is 0.495 e. The summed E-state index contributed by atoms with van der Waals surface area (Å²) in [5.74, 6) is 0.759. The van der Waals surface area contributed by atoms with Gasteiger partial charge in [-0.3, -0.25) is 0 Å². The molecule has 1 heterocycles.